The molecule has 2 aromatic carbocycles. The van der Waals surface area contributed by atoms with Crippen molar-refractivity contribution < 1.29 is 9.53 Å². The third kappa shape index (κ3) is 3.48. The SMILES string of the molecule is O=C(c1ccc(Cl)cc1Cl)N1CCC(Oc2ccc3ccccc3n2)C1. The molecular weight excluding hydrogens is 371 g/mol. The van der Waals surface area contributed by atoms with Gasteiger partial charge in [0.05, 0.1) is 22.6 Å². The van der Waals surface area contributed by atoms with Crippen LogP contribution in [0.1, 0.15) is 16.8 Å². The molecule has 0 spiro atoms. The monoisotopic (exact) mass is 386 g/mol. The lowest BCUT2D eigenvalue weighted by atomic mass is 10.2. The van der Waals surface area contributed by atoms with Gasteiger partial charge >= 0.3 is 0 Å². The minimum absolute atomic E-state index is 0.0845. The lowest BCUT2D eigenvalue weighted by molar-refractivity contribution is 0.0771. The maximum Gasteiger partial charge on any atom is 0.255 e. The topological polar surface area (TPSA) is 42.4 Å². The molecule has 1 aliphatic rings. The molecular formula is C20H16Cl2N2O2. The van der Waals surface area contributed by atoms with E-state index in [0.717, 1.165) is 17.3 Å². The Labute approximate surface area is 161 Å². The molecule has 1 aliphatic heterocycles. The zero-order valence-corrected chi connectivity index (χ0v) is 15.4. The molecule has 6 heteroatoms. The molecule has 26 heavy (non-hydrogen) atoms. The third-order valence-electron chi connectivity index (χ3n) is 4.45. The van der Waals surface area contributed by atoms with E-state index in [-0.39, 0.29) is 12.0 Å². The maximum atomic E-state index is 12.7. The number of para-hydroxylation sites is 1. The van der Waals surface area contributed by atoms with E-state index >= 15 is 0 Å². The van der Waals surface area contributed by atoms with Crippen LogP contribution >= 0.6 is 23.2 Å². The van der Waals surface area contributed by atoms with Gasteiger partial charge in [0.25, 0.3) is 5.91 Å². The van der Waals surface area contributed by atoms with Crippen molar-refractivity contribution in [3.63, 3.8) is 0 Å². The van der Waals surface area contributed by atoms with Crippen molar-refractivity contribution in [1.29, 1.82) is 0 Å². The molecule has 132 valence electrons. The number of fused-ring (bicyclic) bond motifs is 1. The molecule has 1 amide bonds. The van der Waals surface area contributed by atoms with Gasteiger partial charge in [0, 0.05) is 29.4 Å². The van der Waals surface area contributed by atoms with Crippen molar-refractivity contribution in [2.45, 2.75) is 12.5 Å². The number of rotatable bonds is 3. The Hall–Kier alpha value is -2.30. The van der Waals surface area contributed by atoms with E-state index in [9.17, 15) is 4.79 Å². The Balaban J connectivity index is 1.45. The summed E-state index contributed by atoms with van der Waals surface area (Å²) in [6.07, 6.45) is 0.671. The molecule has 1 unspecified atom stereocenters. The predicted octanol–water partition coefficient (Wildman–Crippen LogP) is 4.84. The molecule has 1 aromatic heterocycles. The van der Waals surface area contributed by atoms with Crippen molar-refractivity contribution in [2.75, 3.05) is 13.1 Å². The Morgan fingerprint density at radius 2 is 1.96 bits per heavy atom. The van der Waals surface area contributed by atoms with Gasteiger partial charge in [0.1, 0.15) is 6.10 Å². The minimum Gasteiger partial charge on any atom is -0.472 e. The Kier molecular flexibility index (Phi) is 4.70. The first-order chi connectivity index (χ1) is 12.6. The number of nitrogens with zero attached hydrogens (tertiary/aromatic N) is 2. The summed E-state index contributed by atoms with van der Waals surface area (Å²) < 4.78 is 5.99. The van der Waals surface area contributed by atoms with Crippen LogP contribution in [-0.4, -0.2) is 35.0 Å². The number of hydrogen-bond donors (Lipinski definition) is 0. The highest BCUT2D eigenvalue weighted by Crippen LogP contribution is 2.25. The van der Waals surface area contributed by atoms with Gasteiger partial charge in [-0.3, -0.25) is 4.79 Å². The van der Waals surface area contributed by atoms with Gasteiger partial charge in [-0.1, -0.05) is 41.4 Å². The summed E-state index contributed by atoms with van der Waals surface area (Å²) in [7, 11) is 0. The van der Waals surface area contributed by atoms with Crippen LogP contribution in [0.2, 0.25) is 10.0 Å². The normalized spacial score (nSPS) is 16.8. The zero-order chi connectivity index (χ0) is 18.1. The van der Waals surface area contributed by atoms with Gasteiger partial charge in [-0.05, 0) is 30.3 Å². The average molecular weight is 387 g/mol. The molecule has 1 fully saturated rings. The fourth-order valence-electron chi connectivity index (χ4n) is 3.13. The number of hydrogen-bond acceptors (Lipinski definition) is 3. The smallest absolute Gasteiger partial charge is 0.255 e. The highest BCUT2D eigenvalue weighted by atomic mass is 35.5. The average Bonchev–Trinajstić information content (AvgIpc) is 3.09. The number of carbonyl (C=O) groups excluding carboxylic acids is 1. The quantitative estimate of drug-likeness (QED) is 0.646. The van der Waals surface area contributed by atoms with Crippen LogP contribution in [0.15, 0.2) is 54.6 Å². The number of benzene rings is 2. The lowest BCUT2D eigenvalue weighted by Gasteiger charge is -2.18. The summed E-state index contributed by atoms with van der Waals surface area (Å²) in [5.74, 6) is 0.469. The molecule has 1 atom stereocenters. The van der Waals surface area contributed by atoms with Crippen molar-refractivity contribution in [2.24, 2.45) is 0 Å². The number of ether oxygens (including phenoxy) is 1. The molecule has 3 aromatic rings. The summed E-state index contributed by atoms with van der Waals surface area (Å²) in [5.41, 5.74) is 1.35. The second kappa shape index (κ2) is 7.14. The first-order valence-corrected chi connectivity index (χ1v) is 9.12. The van der Waals surface area contributed by atoms with Gasteiger partial charge in [-0.2, -0.15) is 0 Å². The second-order valence-electron chi connectivity index (χ2n) is 6.25. The molecule has 4 rings (SSSR count). The molecule has 0 radical (unpaired) electrons. The van der Waals surface area contributed by atoms with Gasteiger partial charge in [-0.25, -0.2) is 4.98 Å². The van der Waals surface area contributed by atoms with Crippen LogP contribution in [-0.2, 0) is 0 Å². The van der Waals surface area contributed by atoms with Crippen LogP contribution in [0.25, 0.3) is 10.9 Å². The van der Waals surface area contributed by atoms with Crippen molar-refractivity contribution in [3.05, 3.63) is 70.2 Å². The van der Waals surface area contributed by atoms with E-state index in [1.807, 2.05) is 36.4 Å². The summed E-state index contributed by atoms with van der Waals surface area (Å²) in [5, 5.41) is 1.94. The largest absolute Gasteiger partial charge is 0.472 e. The molecule has 0 saturated carbocycles. The van der Waals surface area contributed by atoms with Gasteiger partial charge in [-0.15, -0.1) is 0 Å². The number of aromatic nitrogens is 1. The number of carbonyl (C=O) groups is 1. The zero-order valence-electron chi connectivity index (χ0n) is 13.9. The first-order valence-electron chi connectivity index (χ1n) is 8.37. The van der Waals surface area contributed by atoms with Crippen LogP contribution in [0.5, 0.6) is 5.88 Å². The highest BCUT2D eigenvalue weighted by Gasteiger charge is 2.29. The fourth-order valence-corrected chi connectivity index (χ4v) is 3.62. The Morgan fingerprint density at radius 3 is 2.81 bits per heavy atom. The summed E-state index contributed by atoms with van der Waals surface area (Å²) in [6.45, 7) is 1.13. The van der Waals surface area contributed by atoms with Crippen LogP contribution in [0.3, 0.4) is 0 Å². The van der Waals surface area contributed by atoms with Crippen molar-refractivity contribution in [1.82, 2.24) is 9.88 Å². The fraction of sp³-hybridized carbons (Fsp3) is 0.200. The number of pyridine rings is 1. The van der Waals surface area contributed by atoms with Crippen LogP contribution in [0.4, 0.5) is 0 Å². The molecule has 0 N–H and O–H groups in total. The van der Waals surface area contributed by atoms with E-state index in [0.29, 0.717) is 34.6 Å². The Bertz CT molecular complexity index is 977. The van der Waals surface area contributed by atoms with Crippen LogP contribution < -0.4 is 4.74 Å². The van der Waals surface area contributed by atoms with Crippen molar-refractivity contribution in [3.8, 4) is 5.88 Å². The third-order valence-corrected chi connectivity index (χ3v) is 5.00. The molecule has 0 bridgehead atoms. The van der Waals surface area contributed by atoms with E-state index < -0.39 is 0 Å². The van der Waals surface area contributed by atoms with Crippen molar-refractivity contribution >= 4 is 40.0 Å². The first kappa shape index (κ1) is 17.1. The summed E-state index contributed by atoms with van der Waals surface area (Å²) >= 11 is 12.1. The summed E-state index contributed by atoms with van der Waals surface area (Å²) in [4.78, 5) is 19.0. The molecule has 0 aliphatic carbocycles. The number of amides is 1. The predicted molar refractivity (Wildman–Crippen MR) is 103 cm³/mol. The highest BCUT2D eigenvalue weighted by molar-refractivity contribution is 6.36. The maximum absolute atomic E-state index is 12.7. The lowest BCUT2D eigenvalue weighted by Crippen LogP contribution is -2.31. The van der Waals surface area contributed by atoms with Gasteiger partial charge < -0.3 is 9.64 Å². The van der Waals surface area contributed by atoms with E-state index in [1.54, 1.807) is 23.1 Å². The summed E-state index contributed by atoms with van der Waals surface area (Å²) in [6, 6.07) is 16.7. The van der Waals surface area contributed by atoms with Gasteiger partial charge in [0.15, 0.2) is 0 Å². The van der Waals surface area contributed by atoms with E-state index in [2.05, 4.69) is 4.98 Å². The molecule has 1 saturated heterocycles. The molecule has 4 nitrogen and oxygen atoms in total. The second-order valence-corrected chi connectivity index (χ2v) is 7.09. The van der Waals surface area contributed by atoms with Gasteiger partial charge in [0.2, 0.25) is 5.88 Å². The number of halogens is 2. The Morgan fingerprint density at radius 1 is 1.12 bits per heavy atom. The van der Waals surface area contributed by atoms with Crippen LogP contribution in [0, 0.1) is 0 Å². The van der Waals surface area contributed by atoms with E-state index in [1.165, 1.54) is 0 Å². The molecule has 2 heterocycles. The minimum atomic E-state index is -0.107. The van der Waals surface area contributed by atoms with E-state index in [4.69, 9.17) is 27.9 Å². The standard InChI is InChI=1S/C20H16Cl2N2O2/c21-14-6-7-16(17(22)11-14)20(25)24-10-9-15(12-24)26-19-8-5-13-3-1-2-4-18(13)23-19/h1-8,11,15H,9-10,12H2. The number of likely N-dealkylation sites (tertiary alicyclic amines) is 1.